The Morgan fingerprint density at radius 1 is 1.30 bits per heavy atom. The van der Waals surface area contributed by atoms with Crippen LogP contribution in [-0.4, -0.2) is 15.9 Å². The first kappa shape index (κ1) is 12.2. The van der Waals surface area contributed by atoms with Crippen LogP contribution in [0.1, 0.15) is 16.1 Å². The first-order valence-corrected chi connectivity index (χ1v) is 5.99. The minimum Gasteiger partial charge on any atom is -0.408 e. The van der Waals surface area contributed by atoms with Gasteiger partial charge in [-0.15, -0.1) is 0 Å². The molecule has 3 rings (SSSR count). The van der Waals surface area contributed by atoms with Crippen molar-refractivity contribution in [2.24, 2.45) is 0 Å². The molecule has 6 nitrogen and oxygen atoms in total. The van der Waals surface area contributed by atoms with Crippen LogP contribution in [0.15, 0.2) is 45.7 Å². The first-order chi connectivity index (χ1) is 9.61. The van der Waals surface area contributed by atoms with Gasteiger partial charge in [0.1, 0.15) is 0 Å². The lowest BCUT2D eigenvalue weighted by Gasteiger charge is -2.04. The fourth-order valence-electron chi connectivity index (χ4n) is 1.84. The van der Waals surface area contributed by atoms with Crippen molar-refractivity contribution in [1.82, 2.24) is 9.97 Å². The number of anilines is 1. The maximum Gasteiger partial charge on any atom is 0.417 e. The van der Waals surface area contributed by atoms with E-state index in [-0.39, 0.29) is 5.91 Å². The normalized spacial score (nSPS) is 10.7. The van der Waals surface area contributed by atoms with E-state index < -0.39 is 5.76 Å². The number of nitrogens with zero attached hydrogens (tertiary/aromatic N) is 1. The largest absolute Gasteiger partial charge is 0.417 e. The molecule has 20 heavy (non-hydrogen) atoms. The molecule has 0 atom stereocenters. The molecule has 0 aliphatic rings. The van der Waals surface area contributed by atoms with E-state index in [9.17, 15) is 9.59 Å². The predicted molar refractivity (Wildman–Crippen MR) is 73.8 cm³/mol. The van der Waals surface area contributed by atoms with E-state index in [1.54, 1.807) is 30.3 Å². The van der Waals surface area contributed by atoms with Crippen molar-refractivity contribution < 1.29 is 9.21 Å². The molecule has 2 N–H and O–H groups in total. The van der Waals surface area contributed by atoms with Gasteiger partial charge in [0.15, 0.2) is 5.58 Å². The zero-order valence-electron chi connectivity index (χ0n) is 10.6. The Labute approximate surface area is 113 Å². The van der Waals surface area contributed by atoms with Crippen molar-refractivity contribution in [3.63, 3.8) is 0 Å². The second kappa shape index (κ2) is 4.65. The third-order valence-corrected chi connectivity index (χ3v) is 2.85. The Kier molecular flexibility index (Phi) is 2.83. The third-order valence-electron chi connectivity index (χ3n) is 2.85. The summed E-state index contributed by atoms with van der Waals surface area (Å²) in [6.45, 7) is 1.85. The molecular formula is C14H11N3O3. The number of hydrogen-bond acceptors (Lipinski definition) is 4. The highest BCUT2D eigenvalue weighted by atomic mass is 16.4. The van der Waals surface area contributed by atoms with Crippen LogP contribution in [0.5, 0.6) is 0 Å². The topological polar surface area (TPSA) is 88.0 Å². The first-order valence-electron chi connectivity index (χ1n) is 5.99. The number of pyridine rings is 1. The molecule has 0 fully saturated rings. The quantitative estimate of drug-likeness (QED) is 0.745. The summed E-state index contributed by atoms with van der Waals surface area (Å²) in [6, 6.07) is 8.40. The Morgan fingerprint density at radius 2 is 2.15 bits per heavy atom. The van der Waals surface area contributed by atoms with Gasteiger partial charge in [-0.3, -0.25) is 14.8 Å². The lowest BCUT2D eigenvalue weighted by atomic mass is 10.2. The van der Waals surface area contributed by atoms with Gasteiger partial charge in [-0.25, -0.2) is 4.79 Å². The number of carbonyl (C=O) groups is 1. The van der Waals surface area contributed by atoms with Crippen LogP contribution in [-0.2, 0) is 0 Å². The van der Waals surface area contributed by atoms with Gasteiger partial charge in [0.25, 0.3) is 5.91 Å². The molecule has 0 bridgehead atoms. The number of aryl methyl sites for hydroxylation is 1. The smallest absolute Gasteiger partial charge is 0.408 e. The average molecular weight is 269 g/mol. The number of aromatic nitrogens is 2. The van der Waals surface area contributed by atoms with Gasteiger partial charge in [-0.1, -0.05) is 0 Å². The predicted octanol–water partition coefficient (Wildman–Crippen LogP) is 2.08. The van der Waals surface area contributed by atoms with E-state index in [0.29, 0.717) is 22.4 Å². The van der Waals surface area contributed by atoms with Crippen LogP contribution in [0, 0.1) is 6.92 Å². The summed E-state index contributed by atoms with van der Waals surface area (Å²) in [6.07, 6.45) is 1.52. The summed E-state index contributed by atoms with van der Waals surface area (Å²) in [4.78, 5) is 29.7. The molecule has 1 amide bonds. The summed E-state index contributed by atoms with van der Waals surface area (Å²) in [5, 5.41) is 2.74. The second-order valence-corrected chi connectivity index (χ2v) is 4.37. The van der Waals surface area contributed by atoms with Gasteiger partial charge >= 0.3 is 5.76 Å². The van der Waals surface area contributed by atoms with Crippen molar-refractivity contribution in [2.45, 2.75) is 6.92 Å². The molecule has 0 saturated heterocycles. The second-order valence-electron chi connectivity index (χ2n) is 4.37. The van der Waals surface area contributed by atoms with Gasteiger partial charge in [0, 0.05) is 17.6 Å². The number of aromatic amines is 1. The standard InChI is InChI=1S/C14H11N3O3/c1-8-2-3-9(7-15-8)13(18)16-10-4-5-12-11(6-10)17-14(19)20-12/h2-7H,1H3,(H,16,18)(H,17,19). The number of nitrogens with one attached hydrogen (secondary N) is 2. The molecule has 100 valence electrons. The fraction of sp³-hybridized carbons (Fsp3) is 0.0714. The molecule has 0 radical (unpaired) electrons. The van der Waals surface area contributed by atoms with E-state index in [0.717, 1.165) is 5.69 Å². The summed E-state index contributed by atoms with van der Waals surface area (Å²) >= 11 is 0. The van der Waals surface area contributed by atoms with Crippen LogP contribution in [0.4, 0.5) is 5.69 Å². The molecule has 3 aromatic rings. The van der Waals surface area contributed by atoms with E-state index >= 15 is 0 Å². The third kappa shape index (κ3) is 2.31. The zero-order valence-corrected chi connectivity index (χ0v) is 10.6. The number of hydrogen-bond donors (Lipinski definition) is 2. The van der Waals surface area contributed by atoms with Gasteiger partial charge in [-0.2, -0.15) is 0 Å². The van der Waals surface area contributed by atoms with Crippen molar-refractivity contribution in [3.05, 3.63) is 58.3 Å². The lowest BCUT2D eigenvalue weighted by molar-refractivity contribution is 0.102. The Balaban J connectivity index is 1.86. The van der Waals surface area contributed by atoms with Crippen LogP contribution in [0.3, 0.4) is 0 Å². The molecule has 0 aliphatic carbocycles. The van der Waals surface area contributed by atoms with Gasteiger partial charge < -0.3 is 9.73 Å². The number of fused-ring (bicyclic) bond motifs is 1. The number of rotatable bonds is 2. The summed E-state index contributed by atoms with van der Waals surface area (Å²) < 4.78 is 4.89. The summed E-state index contributed by atoms with van der Waals surface area (Å²) in [7, 11) is 0. The van der Waals surface area contributed by atoms with Gasteiger partial charge in [0.2, 0.25) is 0 Å². The minimum absolute atomic E-state index is 0.261. The molecule has 0 unspecified atom stereocenters. The number of oxazole rings is 1. The highest BCUT2D eigenvalue weighted by Gasteiger charge is 2.08. The fourth-order valence-corrected chi connectivity index (χ4v) is 1.84. The van der Waals surface area contributed by atoms with Crippen LogP contribution < -0.4 is 11.1 Å². The summed E-state index contributed by atoms with van der Waals surface area (Å²) in [5.74, 6) is -0.783. The Morgan fingerprint density at radius 3 is 2.90 bits per heavy atom. The van der Waals surface area contributed by atoms with Crippen LogP contribution >= 0.6 is 0 Å². The molecule has 1 aromatic carbocycles. The van der Waals surface area contributed by atoms with E-state index in [1.165, 1.54) is 6.20 Å². The lowest BCUT2D eigenvalue weighted by Crippen LogP contribution is -2.12. The van der Waals surface area contributed by atoms with Gasteiger partial charge in [0.05, 0.1) is 11.1 Å². The Bertz CT molecular complexity index is 831. The number of H-pyrrole nitrogens is 1. The van der Waals surface area contributed by atoms with E-state index in [1.807, 2.05) is 6.92 Å². The zero-order chi connectivity index (χ0) is 14.1. The number of carbonyl (C=O) groups excluding carboxylic acids is 1. The highest BCUT2D eigenvalue weighted by molar-refractivity contribution is 6.04. The molecular weight excluding hydrogens is 258 g/mol. The molecule has 0 spiro atoms. The summed E-state index contributed by atoms with van der Waals surface area (Å²) in [5.41, 5.74) is 2.87. The maximum absolute atomic E-state index is 12.0. The molecule has 0 saturated carbocycles. The molecule has 0 aliphatic heterocycles. The molecule has 6 heteroatoms. The average Bonchev–Trinajstić information content (AvgIpc) is 2.78. The van der Waals surface area contributed by atoms with Crippen molar-refractivity contribution in [1.29, 1.82) is 0 Å². The number of amides is 1. The number of benzene rings is 1. The van der Waals surface area contributed by atoms with Crippen molar-refractivity contribution in [3.8, 4) is 0 Å². The monoisotopic (exact) mass is 269 g/mol. The van der Waals surface area contributed by atoms with Crippen molar-refractivity contribution >= 4 is 22.7 Å². The molecule has 2 aromatic heterocycles. The van der Waals surface area contributed by atoms with Crippen LogP contribution in [0.2, 0.25) is 0 Å². The van der Waals surface area contributed by atoms with Gasteiger partial charge in [-0.05, 0) is 37.3 Å². The van der Waals surface area contributed by atoms with E-state index in [4.69, 9.17) is 4.42 Å². The van der Waals surface area contributed by atoms with Crippen LogP contribution in [0.25, 0.3) is 11.1 Å². The Hall–Kier alpha value is -2.89. The maximum atomic E-state index is 12.0. The molecule has 2 heterocycles. The minimum atomic E-state index is -0.522. The highest BCUT2D eigenvalue weighted by Crippen LogP contribution is 2.16. The van der Waals surface area contributed by atoms with Crippen molar-refractivity contribution in [2.75, 3.05) is 5.32 Å². The SMILES string of the molecule is Cc1ccc(C(=O)Nc2ccc3oc(=O)[nH]c3c2)cn1. The van der Waals surface area contributed by atoms with E-state index in [2.05, 4.69) is 15.3 Å².